The number of hydrogen-bond donors (Lipinski definition) is 3. The topological polar surface area (TPSA) is 77.8 Å². The maximum absolute atomic E-state index is 11.8. The zero-order chi connectivity index (χ0) is 26.5. The largest absolute Gasteiger partial charge is 0.373 e. The standard InChI is InChI=1S/C29H58NO4P/c1-5-6-7-8-9-10-11-12-13-14-15-16-17-18-19-20-21-22-23-24-25-26-27-29(31,35(32,33)34)28-30(2,3)4/h8-9,18-19,31H,5-7,10-17,20-28H2,1-4H3,(H-,32,33,34)/p+1/b9-8-,19-18-. The fourth-order valence-electron chi connectivity index (χ4n) is 4.48. The van der Waals surface area contributed by atoms with Gasteiger partial charge in [-0.05, 0) is 57.8 Å². The monoisotopic (exact) mass is 516 g/mol. The summed E-state index contributed by atoms with van der Waals surface area (Å²) >= 11 is 0. The molecular weight excluding hydrogens is 457 g/mol. The molecule has 0 aromatic carbocycles. The van der Waals surface area contributed by atoms with E-state index >= 15 is 0 Å². The van der Waals surface area contributed by atoms with E-state index in [1.807, 2.05) is 21.1 Å². The average Bonchev–Trinajstić information content (AvgIpc) is 2.75. The van der Waals surface area contributed by atoms with E-state index in [9.17, 15) is 19.5 Å². The van der Waals surface area contributed by atoms with Crippen molar-refractivity contribution in [3.8, 4) is 0 Å². The number of quaternary nitrogens is 1. The normalized spacial score (nSPS) is 14.8. The molecule has 0 fully saturated rings. The van der Waals surface area contributed by atoms with Gasteiger partial charge in [0.25, 0.3) is 0 Å². The lowest BCUT2D eigenvalue weighted by atomic mass is 10.0. The van der Waals surface area contributed by atoms with E-state index in [4.69, 9.17) is 0 Å². The molecule has 0 aliphatic heterocycles. The van der Waals surface area contributed by atoms with Crippen LogP contribution in [0.3, 0.4) is 0 Å². The highest BCUT2D eigenvalue weighted by molar-refractivity contribution is 7.53. The minimum Gasteiger partial charge on any atom is -0.373 e. The average molecular weight is 517 g/mol. The summed E-state index contributed by atoms with van der Waals surface area (Å²) in [5.74, 6) is 0. The molecule has 1 unspecified atom stereocenters. The Bertz CT molecular complexity index is 594. The number of nitrogens with zero attached hydrogens (tertiary/aromatic N) is 1. The molecule has 35 heavy (non-hydrogen) atoms. The van der Waals surface area contributed by atoms with Crippen molar-refractivity contribution in [3.05, 3.63) is 24.3 Å². The van der Waals surface area contributed by atoms with Crippen molar-refractivity contribution in [1.29, 1.82) is 0 Å². The Kier molecular flexibility index (Phi) is 20.3. The molecule has 0 aromatic heterocycles. The van der Waals surface area contributed by atoms with Gasteiger partial charge in [-0.25, -0.2) is 0 Å². The van der Waals surface area contributed by atoms with Crippen molar-refractivity contribution in [1.82, 2.24) is 0 Å². The van der Waals surface area contributed by atoms with Crippen LogP contribution in [0.5, 0.6) is 0 Å². The second-order valence-electron chi connectivity index (χ2n) is 11.4. The quantitative estimate of drug-likeness (QED) is 0.0524. The molecule has 0 bridgehead atoms. The van der Waals surface area contributed by atoms with Gasteiger partial charge in [0.1, 0.15) is 6.54 Å². The number of rotatable bonds is 24. The first-order valence-corrected chi connectivity index (χ1v) is 16.0. The molecule has 0 aromatic rings. The van der Waals surface area contributed by atoms with E-state index in [0.29, 0.717) is 10.9 Å². The molecule has 3 N–H and O–H groups in total. The van der Waals surface area contributed by atoms with Gasteiger partial charge in [0.2, 0.25) is 5.34 Å². The van der Waals surface area contributed by atoms with E-state index in [0.717, 1.165) is 25.7 Å². The molecule has 5 nitrogen and oxygen atoms in total. The summed E-state index contributed by atoms with van der Waals surface area (Å²) in [5, 5.41) is 8.64. The minimum absolute atomic E-state index is 0.0562. The Labute approximate surface area is 217 Å². The maximum Gasteiger partial charge on any atom is 0.362 e. The summed E-state index contributed by atoms with van der Waals surface area (Å²) in [6, 6.07) is 0. The number of aliphatic hydroxyl groups is 1. The van der Waals surface area contributed by atoms with Gasteiger partial charge in [-0.1, -0.05) is 95.4 Å². The summed E-state index contributed by atoms with van der Waals surface area (Å²) in [4.78, 5) is 19.2. The molecule has 208 valence electrons. The third-order valence-electron chi connectivity index (χ3n) is 6.52. The number of allylic oxidation sites excluding steroid dienone is 4. The molecule has 0 saturated heterocycles. The molecule has 6 heteroatoms. The van der Waals surface area contributed by atoms with Crippen LogP contribution in [0.15, 0.2) is 24.3 Å². The van der Waals surface area contributed by atoms with Gasteiger partial charge in [0, 0.05) is 0 Å². The molecule has 1 atom stereocenters. The van der Waals surface area contributed by atoms with Crippen molar-refractivity contribution in [3.63, 3.8) is 0 Å². The van der Waals surface area contributed by atoms with Crippen molar-refractivity contribution in [2.75, 3.05) is 27.7 Å². The van der Waals surface area contributed by atoms with Crippen LogP contribution in [0.1, 0.15) is 129 Å². The summed E-state index contributed by atoms with van der Waals surface area (Å²) in [5.41, 5.74) is 0. The van der Waals surface area contributed by atoms with Crippen LogP contribution in [-0.4, -0.2) is 52.4 Å². The molecule has 0 spiro atoms. The fraction of sp³-hybridized carbons (Fsp3) is 0.862. The molecule has 0 aliphatic carbocycles. The van der Waals surface area contributed by atoms with Gasteiger partial charge in [0.15, 0.2) is 0 Å². The molecule has 0 rings (SSSR count). The van der Waals surface area contributed by atoms with Crippen LogP contribution < -0.4 is 0 Å². The third kappa shape index (κ3) is 21.4. The van der Waals surface area contributed by atoms with Gasteiger partial charge in [-0.15, -0.1) is 0 Å². The van der Waals surface area contributed by atoms with E-state index < -0.39 is 12.9 Å². The van der Waals surface area contributed by atoms with E-state index in [-0.39, 0.29) is 13.0 Å². The smallest absolute Gasteiger partial charge is 0.362 e. The van der Waals surface area contributed by atoms with E-state index in [2.05, 4.69) is 31.2 Å². The molecule has 0 radical (unpaired) electrons. The van der Waals surface area contributed by atoms with Gasteiger partial charge in [-0.2, -0.15) is 0 Å². The van der Waals surface area contributed by atoms with Crippen molar-refractivity contribution < 1.29 is 23.9 Å². The van der Waals surface area contributed by atoms with Crippen LogP contribution in [0, 0.1) is 0 Å². The van der Waals surface area contributed by atoms with Gasteiger partial charge >= 0.3 is 7.60 Å². The minimum atomic E-state index is -4.55. The molecular formula is C29H59NO4P+. The van der Waals surface area contributed by atoms with Crippen LogP contribution in [0.2, 0.25) is 0 Å². The number of unbranched alkanes of at least 4 members (excludes halogenated alkanes) is 15. The molecule has 0 heterocycles. The molecule has 0 saturated carbocycles. The Morgan fingerprint density at radius 1 is 0.629 bits per heavy atom. The second kappa shape index (κ2) is 20.6. The van der Waals surface area contributed by atoms with Crippen LogP contribution in [0.4, 0.5) is 0 Å². The molecule has 0 amide bonds. The zero-order valence-corrected chi connectivity index (χ0v) is 24.5. The summed E-state index contributed by atoms with van der Waals surface area (Å²) in [6.45, 7) is 2.30. The summed E-state index contributed by atoms with van der Waals surface area (Å²) in [7, 11) is 0.967. The maximum atomic E-state index is 11.8. The molecule has 0 aliphatic rings. The Balaban J connectivity index is 3.56. The highest BCUT2D eigenvalue weighted by Crippen LogP contribution is 2.52. The predicted octanol–water partition coefficient (Wildman–Crippen LogP) is 8.10. The highest BCUT2D eigenvalue weighted by Gasteiger charge is 2.48. The lowest BCUT2D eigenvalue weighted by Crippen LogP contribution is -2.49. The van der Waals surface area contributed by atoms with Crippen molar-refractivity contribution in [2.24, 2.45) is 0 Å². The SMILES string of the molecule is CCCC/C=C\CCCCCCCC/C=C\CCCCCCCCC(O)(C[N+](C)(C)C)P(=O)(O)O. The van der Waals surface area contributed by atoms with E-state index in [1.54, 1.807) is 0 Å². The zero-order valence-electron chi connectivity index (χ0n) is 23.6. The first kappa shape index (κ1) is 34.6. The van der Waals surface area contributed by atoms with E-state index in [1.165, 1.54) is 83.5 Å². The lowest BCUT2D eigenvalue weighted by Gasteiger charge is -2.35. The first-order valence-electron chi connectivity index (χ1n) is 14.4. The fourth-order valence-corrected chi connectivity index (χ4v) is 5.54. The Morgan fingerprint density at radius 2 is 0.971 bits per heavy atom. The highest BCUT2D eigenvalue weighted by atomic mass is 31.2. The van der Waals surface area contributed by atoms with Gasteiger partial charge in [0.05, 0.1) is 21.1 Å². The van der Waals surface area contributed by atoms with Crippen LogP contribution >= 0.6 is 7.60 Å². The van der Waals surface area contributed by atoms with Crippen molar-refractivity contribution >= 4 is 7.60 Å². The number of likely N-dealkylation sites (N-methyl/N-ethyl adjacent to an activating group) is 1. The van der Waals surface area contributed by atoms with Gasteiger partial charge in [-0.3, -0.25) is 4.57 Å². The lowest BCUT2D eigenvalue weighted by molar-refractivity contribution is -0.875. The Morgan fingerprint density at radius 3 is 1.31 bits per heavy atom. The van der Waals surface area contributed by atoms with Crippen LogP contribution in [0.25, 0.3) is 0 Å². The Hall–Kier alpha value is -0.450. The predicted molar refractivity (Wildman–Crippen MR) is 152 cm³/mol. The summed E-state index contributed by atoms with van der Waals surface area (Å²) < 4.78 is 12.1. The van der Waals surface area contributed by atoms with Gasteiger partial charge < -0.3 is 19.4 Å². The van der Waals surface area contributed by atoms with Crippen molar-refractivity contribution in [2.45, 2.75) is 134 Å². The summed E-state index contributed by atoms with van der Waals surface area (Å²) in [6.07, 6.45) is 31.3. The second-order valence-corrected chi connectivity index (χ2v) is 13.3. The van der Waals surface area contributed by atoms with Crippen LogP contribution in [-0.2, 0) is 4.57 Å². The third-order valence-corrected chi connectivity index (χ3v) is 7.97. The number of hydrogen-bond acceptors (Lipinski definition) is 2. The first-order chi connectivity index (χ1) is 16.5.